The molecule has 11 heteroatoms. The number of hydrogen-bond donors (Lipinski definition) is 0. The molecule has 1 aromatic heterocycles. The van der Waals surface area contributed by atoms with Crippen molar-refractivity contribution in [3.05, 3.63) is 66.1 Å². The first kappa shape index (κ1) is 19.1. The molecule has 0 fully saturated rings. The highest BCUT2D eigenvalue weighted by molar-refractivity contribution is 7.90. The first-order chi connectivity index (χ1) is 13.7. The maximum Gasteiger partial charge on any atom is 0.416 e. The van der Waals surface area contributed by atoms with Gasteiger partial charge in [0.2, 0.25) is 5.88 Å². The molecule has 0 saturated carbocycles. The van der Waals surface area contributed by atoms with Crippen LogP contribution in [0, 0.1) is 0 Å². The number of nitrogens with zero attached hydrogens (tertiary/aromatic N) is 4. The van der Waals surface area contributed by atoms with E-state index in [4.69, 9.17) is 4.74 Å². The first-order valence-corrected chi connectivity index (χ1v) is 9.98. The molecule has 29 heavy (non-hydrogen) atoms. The summed E-state index contributed by atoms with van der Waals surface area (Å²) in [7, 11) is -3.55. The molecule has 0 saturated heterocycles. The second kappa shape index (κ2) is 6.99. The van der Waals surface area contributed by atoms with Crippen LogP contribution in [0.1, 0.15) is 11.1 Å². The van der Waals surface area contributed by atoms with Crippen LogP contribution in [0.25, 0.3) is 0 Å². The monoisotopic (exact) mass is 422 g/mol. The predicted molar refractivity (Wildman–Crippen MR) is 99.4 cm³/mol. The van der Waals surface area contributed by atoms with E-state index in [1.165, 1.54) is 12.1 Å². The minimum Gasteiger partial charge on any atom is -0.439 e. The third-order valence-corrected chi connectivity index (χ3v) is 5.31. The molecule has 4 rings (SSSR count). The van der Waals surface area contributed by atoms with Crippen molar-refractivity contribution in [2.75, 3.05) is 12.3 Å². The van der Waals surface area contributed by atoms with Gasteiger partial charge in [0, 0.05) is 36.8 Å². The highest BCUT2D eigenvalue weighted by atomic mass is 32.2. The smallest absolute Gasteiger partial charge is 0.416 e. The number of alkyl halides is 3. The predicted octanol–water partition coefficient (Wildman–Crippen LogP) is 3.21. The molecule has 1 aromatic carbocycles. The van der Waals surface area contributed by atoms with E-state index >= 15 is 0 Å². The average Bonchev–Trinajstić information content (AvgIpc) is 2.67. The Kier molecular flexibility index (Phi) is 4.61. The standard InChI is InChI=1S/C18H13F3N4O3S/c19-18(20,21)13-5-6-22-15(11-13)28-14-3-1-12(2-4-14)16-17-24-29(26,27)10-9-25(17)8-7-23-16/h1-8,11H,9-10H2. The molecule has 7 nitrogen and oxygen atoms in total. The molecular weight excluding hydrogens is 409 g/mol. The van der Waals surface area contributed by atoms with Crippen molar-refractivity contribution in [3.63, 3.8) is 0 Å². The van der Waals surface area contributed by atoms with Crippen LogP contribution < -0.4 is 4.74 Å². The van der Waals surface area contributed by atoms with Crippen molar-refractivity contribution < 1.29 is 26.3 Å². The molecule has 0 atom stereocenters. The van der Waals surface area contributed by atoms with Gasteiger partial charge < -0.3 is 9.64 Å². The van der Waals surface area contributed by atoms with Gasteiger partial charge in [0.05, 0.1) is 11.3 Å². The van der Waals surface area contributed by atoms with Gasteiger partial charge in [-0.1, -0.05) is 0 Å². The molecule has 0 N–H and O–H groups in total. The van der Waals surface area contributed by atoms with Crippen molar-refractivity contribution in [1.82, 2.24) is 9.88 Å². The summed E-state index contributed by atoms with van der Waals surface area (Å²) in [4.78, 5) is 9.70. The van der Waals surface area contributed by atoms with E-state index in [1.54, 1.807) is 29.4 Å². The van der Waals surface area contributed by atoms with Crippen molar-refractivity contribution in [2.45, 2.75) is 6.18 Å². The van der Waals surface area contributed by atoms with Crippen LogP contribution in [0.15, 0.2) is 64.4 Å². The zero-order valence-electron chi connectivity index (χ0n) is 14.7. The Hall–Kier alpha value is -3.21. The third-order valence-electron chi connectivity index (χ3n) is 4.16. The van der Waals surface area contributed by atoms with Crippen molar-refractivity contribution in [3.8, 4) is 11.6 Å². The number of halogens is 3. The van der Waals surface area contributed by atoms with Gasteiger partial charge in [0.1, 0.15) is 11.5 Å². The Balaban J connectivity index is 1.58. The SMILES string of the molecule is O=S1(=O)CCN2C=CN=C(c3ccc(Oc4cc(C(F)(F)F)ccn4)cc3)C2=N1. The van der Waals surface area contributed by atoms with E-state index in [0.29, 0.717) is 11.3 Å². The van der Waals surface area contributed by atoms with Crippen LogP contribution in [0.4, 0.5) is 13.2 Å². The number of amidine groups is 1. The van der Waals surface area contributed by atoms with Gasteiger partial charge in [-0.2, -0.15) is 13.2 Å². The highest BCUT2D eigenvalue weighted by Crippen LogP contribution is 2.31. The maximum absolute atomic E-state index is 12.8. The minimum atomic E-state index is -4.50. The molecule has 0 aliphatic carbocycles. The fourth-order valence-electron chi connectivity index (χ4n) is 2.77. The lowest BCUT2D eigenvalue weighted by Crippen LogP contribution is -2.42. The molecule has 0 unspecified atom stereocenters. The molecule has 0 amide bonds. The fourth-order valence-corrected chi connectivity index (χ4v) is 3.74. The van der Waals surface area contributed by atoms with Crippen molar-refractivity contribution >= 4 is 21.6 Å². The zero-order chi connectivity index (χ0) is 20.6. The molecule has 2 aliphatic heterocycles. The van der Waals surface area contributed by atoms with Crippen LogP contribution in [0.5, 0.6) is 11.6 Å². The fraction of sp³-hybridized carbons (Fsp3) is 0.167. The third kappa shape index (κ3) is 4.14. The van der Waals surface area contributed by atoms with E-state index in [2.05, 4.69) is 14.4 Å². The number of ether oxygens (including phenoxy) is 1. The molecule has 2 aromatic rings. The second-order valence-electron chi connectivity index (χ2n) is 6.18. The Labute approximate surface area is 163 Å². The summed E-state index contributed by atoms with van der Waals surface area (Å²) in [6.45, 7) is 0.277. The van der Waals surface area contributed by atoms with Gasteiger partial charge in [0.25, 0.3) is 10.0 Å². The largest absolute Gasteiger partial charge is 0.439 e. The number of fused-ring (bicyclic) bond motifs is 1. The maximum atomic E-state index is 12.8. The van der Waals surface area contributed by atoms with Crippen LogP contribution in [-0.4, -0.2) is 42.1 Å². The first-order valence-electron chi connectivity index (χ1n) is 8.37. The zero-order valence-corrected chi connectivity index (χ0v) is 15.5. The number of pyridine rings is 1. The number of rotatable bonds is 3. The van der Waals surface area contributed by atoms with Gasteiger partial charge in [-0.05, 0) is 30.3 Å². The van der Waals surface area contributed by atoms with Gasteiger partial charge in [-0.15, -0.1) is 4.40 Å². The quantitative estimate of drug-likeness (QED) is 0.759. The minimum absolute atomic E-state index is 0.0785. The van der Waals surface area contributed by atoms with Crippen molar-refractivity contribution in [1.29, 1.82) is 0 Å². The van der Waals surface area contributed by atoms with Gasteiger partial charge in [0.15, 0.2) is 5.84 Å². The van der Waals surface area contributed by atoms with Crippen LogP contribution in [-0.2, 0) is 16.2 Å². The van der Waals surface area contributed by atoms with Gasteiger partial charge >= 0.3 is 6.18 Å². The number of aromatic nitrogens is 1. The lowest BCUT2D eigenvalue weighted by molar-refractivity contribution is -0.137. The highest BCUT2D eigenvalue weighted by Gasteiger charge is 2.31. The molecular formula is C18H13F3N4O3S. The molecule has 0 bridgehead atoms. The molecule has 3 heterocycles. The molecule has 150 valence electrons. The molecule has 0 spiro atoms. The normalized spacial score (nSPS) is 18.0. The summed E-state index contributed by atoms with van der Waals surface area (Å²) < 4.78 is 71.3. The number of aliphatic imine (C=N–C) groups is 1. The molecule has 2 aliphatic rings. The average molecular weight is 422 g/mol. The van der Waals surface area contributed by atoms with Crippen molar-refractivity contribution in [2.24, 2.45) is 9.39 Å². The Morgan fingerprint density at radius 1 is 1.10 bits per heavy atom. The van der Waals surface area contributed by atoms with Crippen LogP contribution in [0.3, 0.4) is 0 Å². The summed E-state index contributed by atoms with van der Waals surface area (Å²) >= 11 is 0. The summed E-state index contributed by atoms with van der Waals surface area (Å²) in [5.41, 5.74) is 0.0955. The summed E-state index contributed by atoms with van der Waals surface area (Å²) in [5, 5.41) is 0. The van der Waals surface area contributed by atoms with E-state index in [0.717, 1.165) is 18.3 Å². The summed E-state index contributed by atoms with van der Waals surface area (Å²) in [5.74, 6) is 0.222. The van der Waals surface area contributed by atoms with E-state index in [1.807, 2.05) is 0 Å². The van der Waals surface area contributed by atoms with E-state index < -0.39 is 21.8 Å². The van der Waals surface area contributed by atoms with Crippen LogP contribution in [0.2, 0.25) is 0 Å². The Morgan fingerprint density at radius 2 is 1.86 bits per heavy atom. The summed E-state index contributed by atoms with van der Waals surface area (Å²) in [6, 6.07) is 7.95. The Morgan fingerprint density at radius 3 is 2.59 bits per heavy atom. The molecule has 0 radical (unpaired) electrons. The lowest BCUT2D eigenvalue weighted by Gasteiger charge is -2.28. The topological polar surface area (TPSA) is 84.2 Å². The Bertz CT molecular complexity index is 1140. The number of benzene rings is 1. The lowest BCUT2D eigenvalue weighted by atomic mass is 10.1. The van der Waals surface area contributed by atoms with E-state index in [9.17, 15) is 21.6 Å². The second-order valence-corrected chi connectivity index (χ2v) is 7.93. The van der Waals surface area contributed by atoms with Gasteiger partial charge in [-0.3, -0.25) is 4.99 Å². The number of sulfonamides is 1. The van der Waals surface area contributed by atoms with Crippen LogP contribution >= 0.6 is 0 Å². The van der Waals surface area contributed by atoms with E-state index in [-0.39, 0.29) is 29.8 Å². The van der Waals surface area contributed by atoms with Gasteiger partial charge in [-0.25, -0.2) is 13.4 Å². The summed E-state index contributed by atoms with van der Waals surface area (Å²) in [6.07, 6.45) is -0.284. The number of hydrogen-bond acceptors (Lipinski definition) is 6.